The monoisotopic (exact) mass is 682 g/mol. The summed E-state index contributed by atoms with van der Waals surface area (Å²) in [6.45, 7) is 0. The minimum atomic E-state index is 1.21. The van der Waals surface area contributed by atoms with Crippen molar-refractivity contribution in [1.29, 1.82) is 0 Å². The minimum Gasteiger partial charge on any atom is -0.0616 e. The Hall–Kier alpha value is -7.02. The Kier molecular flexibility index (Phi) is 6.97. The van der Waals surface area contributed by atoms with Gasteiger partial charge in [-0.1, -0.05) is 188 Å². The number of hydrogen-bond donors (Lipinski definition) is 0. The van der Waals surface area contributed by atoms with Crippen LogP contribution in [0.5, 0.6) is 0 Å². The highest BCUT2D eigenvalue weighted by atomic mass is 14.2. The van der Waals surface area contributed by atoms with Crippen LogP contribution < -0.4 is 0 Å². The maximum absolute atomic E-state index is 2.42. The summed E-state index contributed by atoms with van der Waals surface area (Å²) < 4.78 is 0. The van der Waals surface area contributed by atoms with Crippen LogP contribution in [0.2, 0.25) is 0 Å². The first-order valence-electron chi connectivity index (χ1n) is 18.8. The van der Waals surface area contributed by atoms with Gasteiger partial charge in [-0.3, -0.25) is 0 Å². The highest BCUT2D eigenvalue weighted by Gasteiger charge is 2.20. The maximum Gasteiger partial charge on any atom is -0.00204 e. The van der Waals surface area contributed by atoms with Crippen molar-refractivity contribution in [3.8, 4) is 44.5 Å². The Bertz CT molecular complexity index is 3220. The van der Waals surface area contributed by atoms with Gasteiger partial charge in [0, 0.05) is 0 Å². The van der Waals surface area contributed by atoms with Crippen LogP contribution in [-0.4, -0.2) is 0 Å². The molecule has 11 aromatic rings. The van der Waals surface area contributed by atoms with Gasteiger partial charge in [0.25, 0.3) is 0 Å². The predicted molar refractivity (Wildman–Crippen MR) is 233 cm³/mol. The van der Waals surface area contributed by atoms with Gasteiger partial charge >= 0.3 is 0 Å². The molecule has 0 nitrogen and oxygen atoms in total. The second-order valence-corrected chi connectivity index (χ2v) is 14.4. The fourth-order valence-corrected chi connectivity index (χ4v) is 9.00. The molecule has 0 heteroatoms. The summed E-state index contributed by atoms with van der Waals surface area (Å²) in [6, 6.07) is 76.2. The number of fused-ring (bicyclic) bond motifs is 7. The standard InChI is InChI=1S/C54H34/c1-2-16-37-32-41(29-28-35(37)14-1)53-49-26-11-9-24-47(49)52(48-25-10-12-27-50(48)53)40-19-13-18-38(33-40)44-31-30-36-15-3-6-21-43(36)54(44)51-34-39-17-4-5-20-42(39)45-22-7-8-23-46(45)51/h1-34H. The molecule has 0 amide bonds. The maximum atomic E-state index is 2.42. The highest BCUT2D eigenvalue weighted by Crippen LogP contribution is 2.47. The summed E-state index contributed by atoms with van der Waals surface area (Å²) in [5, 5.41) is 15.2. The fourth-order valence-electron chi connectivity index (χ4n) is 9.00. The fraction of sp³-hybridized carbons (Fsp3) is 0. The van der Waals surface area contributed by atoms with Crippen molar-refractivity contribution in [1.82, 2.24) is 0 Å². The molecule has 0 unspecified atom stereocenters. The quantitative estimate of drug-likeness (QED) is 0.128. The molecule has 250 valence electrons. The average Bonchev–Trinajstić information content (AvgIpc) is 3.24. The van der Waals surface area contributed by atoms with Crippen LogP contribution in [0, 0.1) is 0 Å². The number of benzene rings is 11. The summed E-state index contributed by atoms with van der Waals surface area (Å²) in [7, 11) is 0. The second-order valence-electron chi connectivity index (χ2n) is 14.4. The Balaban J connectivity index is 1.18. The van der Waals surface area contributed by atoms with Crippen molar-refractivity contribution in [2.75, 3.05) is 0 Å². The highest BCUT2D eigenvalue weighted by molar-refractivity contribution is 6.22. The van der Waals surface area contributed by atoms with Crippen molar-refractivity contribution in [2.24, 2.45) is 0 Å². The summed E-state index contributed by atoms with van der Waals surface area (Å²) in [5.41, 5.74) is 9.98. The van der Waals surface area contributed by atoms with Crippen LogP contribution >= 0.6 is 0 Å². The van der Waals surface area contributed by atoms with Gasteiger partial charge in [0.05, 0.1) is 0 Å². The molecule has 0 aliphatic carbocycles. The van der Waals surface area contributed by atoms with E-state index >= 15 is 0 Å². The van der Waals surface area contributed by atoms with E-state index in [1.165, 1.54) is 109 Å². The van der Waals surface area contributed by atoms with E-state index in [0.29, 0.717) is 0 Å². The van der Waals surface area contributed by atoms with Crippen LogP contribution in [0.1, 0.15) is 0 Å². The lowest BCUT2D eigenvalue weighted by Gasteiger charge is -2.20. The Morgan fingerprint density at radius 3 is 1.35 bits per heavy atom. The van der Waals surface area contributed by atoms with Crippen molar-refractivity contribution < 1.29 is 0 Å². The largest absolute Gasteiger partial charge is 0.0616 e. The van der Waals surface area contributed by atoms with Crippen LogP contribution in [0.25, 0.3) is 109 Å². The molecule has 0 radical (unpaired) electrons. The minimum absolute atomic E-state index is 1.21. The van der Waals surface area contributed by atoms with E-state index in [9.17, 15) is 0 Å². The Morgan fingerprint density at radius 1 is 0.185 bits per heavy atom. The lowest BCUT2D eigenvalue weighted by Crippen LogP contribution is -1.93. The Labute approximate surface area is 314 Å². The molecule has 0 saturated carbocycles. The summed E-state index contributed by atoms with van der Waals surface area (Å²) >= 11 is 0. The van der Waals surface area contributed by atoms with Gasteiger partial charge in [-0.2, -0.15) is 0 Å². The molecule has 0 spiro atoms. The first-order valence-corrected chi connectivity index (χ1v) is 18.8. The first-order chi connectivity index (χ1) is 26.8. The van der Waals surface area contributed by atoms with E-state index in [1.54, 1.807) is 0 Å². The summed E-state index contributed by atoms with van der Waals surface area (Å²) in [4.78, 5) is 0. The zero-order chi connectivity index (χ0) is 35.6. The van der Waals surface area contributed by atoms with Crippen LogP contribution in [0.15, 0.2) is 206 Å². The normalized spacial score (nSPS) is 11.7. The molecule has 0 bridgehead atoms. The summed E-state index contributed by atoms with van der Waals surface area (Å²) in [5.74, 6) is 0. The topological polar surface area (TPSA) is 0 Å². The second kappa shape index (κ2) is 12.3. The molecule has 0 fully saturated rings. The number of hydrogen-bond acceptors (Lipinski definition) is 0. The molecule has 0 aromatic heterocycles. The van der Waals surface area contributed by atoms with Gasteiger partial charge in [0.15, 0.2) is 0 Å². The zero-order valence-corrected chi connectivity index (χ0v) is 29.6. The van der Waals surface area contributed by atoms with Gasteiger partial charge in [-0.25, -0.2) is 0 Å². The van der Waals surface area contributed by atoms with Crippen LogP contribution in [0.4, 0.5) is 0 Å². The van der Waals surface area contributed by atoms with Gasteiger partial charge in [-0.05, 0) is 127 Å². The van der Waals surface area contributed by atoms with Crippen molar-refractivity contribution in [2.45, 2.75) is 0 Å². The molecule has 11 aromatic carbocycles. The third-order valence-electron chi connectivity index (χ3n) is 11.4. The smallest absolute Gasteiger partial charge is 0.00204 e. The third kappa shape index (κ3) is 4.78. The lowest BCUT2D eigenvalue weighted by molar-refractivity contribution is 1.62. The zero-order valence-electron chi connectivity index (χ0n) is 29.6. The first kappa shape index (κ1) is 30.6. The van der Waals surface area contributed by atoms with Gasteiger partial charge in [0.2, 0.25) is 0 Å². The molecular formula is C54H34. The van der Waals surface area contributed by atoms with Gasteiger partial charge < -0.3 is 0 Å². The molecule has 0 N–H and O–H groups in total. The predicted octanol–water partition coefficient (Wildman–Crippen LogP) is 15.3. The molecular weight excluding hydrogens is 649 g/mol. The van der Waals surface area contributed by atoms with Crippen molar-refractivity contribution >= 4 is 64.6 Å². The average molecular weight is 683 g/mol. The van der Waals surface area contributed by atoms with Crippen LogP contribution in [-0.2, 0) is 0 Å². The van der Waals surface area contributed by atoms with E-state index in [-0.39, 0.29) is 0 Å². The molecule has 11 rings (SSSR count). The molecule has 54 heavy (non-hydrogen) atoms. The Morgan fingerprint density at radius 2 is 0.667 bits per heavy atom. The lowest BCUT2D eigenvalue weighted by atomic mass is 9.83. The van der Waals surface area contributed by atoms with Crippen molar-refractivity contribution in [3.63, 3.8) is 0 Å². The molecule has 0 atom stereocenters. The van der Waals surface area contributed by atoms with E-state index in [4.69, 9.17) is 0 Å². The van der Waals surface area contributed by atoms with Gasteiger partial charge in [0.1, 0.15) is 0 Å². The SMILES string of the molecule is c1cc(-c2ccc3ccccc3c2-c2cc3ccccc3c3ccccc23)cc(-c2c3ccccc3c(-c3ccc4ccccc4c3)c3ccccc23)c1. The van der Waals surface area contributed by atoms with E-state index in [0.717, 1.165) is 0 Å². The molecule has 0 saturated heterocycles. The van der Waals surface area contributed by atoms with Crippen LogP contribution in [0.3, 0.4) is 0 Å². The van der Waals surface area contributed by atoms with E-state index in [2.05, 4.69) is 206 Å². The van der Waals surface area contributed by atoms with E-state index < -0.39 is 0 Å². The van der Waals surface area contributed by atoms with Gasteiger partial charge in [-0.15, -0.1) is 0 Å². The molecule has 0 heterocycles. The molecule has 0 aliphatic heterocycles. The van der Waals surface area contributed by atoms with Crippen molar-refractivity contribution in [3.05, 3.63) is 206 Å². The van der Waals surface area contributed by atoms with E-state index in [1.807, 2.05) is 0 Å². The third-order valence-corrected chi connectivity index (χ3v) is 11.4. The molecule has 0 aliphatic rings. The number of rotatable bonds is 4. The summed E-state index contributed by atoms with van der Waals surface area (Å²) in [6.07, 6.45) is 0.